The van der Waals surface area contributed by atoms with Gasteiger partial charge in [0.15, 0.2) is 5.78 Å². The third-order valence-corrected chi connectivity index (χ3v) is 4.26. The Bertz CT molecular complexity index is 726. The highest BCUT2D eigenvalue weighted by Crippen LogP contribution is 2.24. The molecule has 0 radical (unpaired) electrons. The first-order chi connectivity index (χ1) is 11.0. The van der Waals surface area contributed by atoms with Crippen LogP contribution in [0.4, 0.5) is 0 Å². The molecule has 3 heterocycles. The smallest absolute Gasteiger partial charge is 0.272 e. The number of nitrogens with zero attached hydrogens (tertiary/aromatic N) is 4. The summed E-state index contributed by atoms with van der Waals surface area (Å²) in [6.45, 7) is 0.647. The summed E-state index contributed by atoms with van der Waals surface area (Å²) in [5, 5.41) is 4.51. The highest BCUT2D eigenvalue weighted by Gasteiger charge is 2.31. The molecule has 7 heteroatoms. The first kappa shape index (κ1) is 15.7. The van der Waals surface area contributed by atoms with Gasteiger partial charge in [0, 0.05) is 38.4 Å². The molecule has 0 unspecified atom stereocenters. The van der Waals surface area contributed by atoms with Gasteiger partial charge in [-0.2, -0.15) is 5.10 Å². The number of carbonyl (C=O) groups excluding carboxylic acids is 2. The SMILES string of the molecule is Cn1cc(C(=O)C[C@H]2CCCN2C(=O)c2ccc(Cl)cn2)cn1. The maximum atomic E-state index is 12.6. The summed E-state index contributed by atoms with van der Waals surface area (Å²) in [5.41, 5.74) is 0.937. The fraction of sp³-hybridized carbons (Fsp3) is 0.375. The Hall–Kier alpha value is -2.21. The van der Waals surface area contributed by atoms with Crippen LogP contribution in [0.5, 0.6) is 0 Å². The van der Waals surface area contributed by atoms with Crippen molar-refractivity contribution in [3.8, 4) is 0 Å². The standard InChI is InChI=1S/C16H17ClN4O2/c1-20-10-11(8-19-20)15(22)7-13-3-2-6-21(13)16(23)14-5-4-12(17)9-18-14/h4-5,8-10,13H,2-3,6-7H2,1H3/t13-/m1/s1. The van der Waals surface area contributed by atoms with E-state index in [1.165, 1.54) is 6.20 Å². The van der Waals surface area contributed by atoms with E-state index in [0.29, 0.717) is 29.2 Å². The molecule has 1 aliphatic rings. The minimum Gasteiger partial charge on any atom is -0.334 e. The van der Waals surface area contributed by atoms with Crippen molar-refractivity contribution in [3.05, 3.63) is 47.0 Å². The maximum absolute atomic E-state index is 12.6. The van der Waals surface area contributed by atoms with Gasteiger partial charge in [0.05, 0.1) is 16.8 Å². The Balaban J connectivity index is 1.71. The van der Waals surface area contributed by atoms with Crippen LogP contribution in [0.1, 0.15) is 40.1 Å². The second-order valence-corrected chi connectivity index (χ2v) is 6.12. The molecule has 0 aromatic carbocycles. The van der Waals surface area contributed by atoms with E-state index in [9.17, 15) is 9.59 Å². The number of aromatic nitrogens is 3. The molecule has 0 spiro atoms. The molecular weight excluding hydrogens is 316 g/mol. The summed E-state index contributed by atoms with van der Waals surface area (Å²) >= 11 is 5.80. The lowest BCUT2D eigenvalue weighted by Gasteiger charge is -2.23. The van der Waals surface area contributed by atoms with Gasteiger partial charge in [0.1, 0.15) is 5.69 Å². The Morgan fingerprint density at radius 1 is 1.35 bits per heavy atom. The fourth-order valence-electron chi connectivity index (χ4n) is 2.86. The van der Waals surface area contributed by atoms with Crippen LogP contribution in [0.15, 0.2) is 30.7 Å². The first-order valence-electron chi connectivity index (χ1n) is 7.49. The van der Waals surface area contributed by atoms with Crippen molar-refractivity contribution in [3.63, 3.8) is 0 Å². The molecular formula is C16H17ClN4O2. The van der Waals surface area contributed by atoms with Crippen molar-refractivity contribution in [1.82, 2.24) is 19.7 Å². The topological polar surface area (TPSA) is 68.1 Å². The lowest BCUT2D eigenvalue weighted by molar-refractivity contribution is 0.0711. The predicted molar refractivity (Wildman–Crippen MR) is 85.5 cm³/mol. The molecule has 2 aromatic rings. The van der Waals surface area contributed by atoms with Crippen LogP contribution in [0, 0.1) is 0 Å². The van der Waals surface area contributed by atoms with Crippen molar-refractivity contribution in [2.75, 3.05) is 6.54 Å². The maximum Gasteiger partial charge on any atom is 0.272 e. The quantitative estimate of drug-likeness (QED) is 0.806. The van der Waals surface area contributed by atoms with Gasteiger partial charge in [-0.1, -0.05) is 11.6 Å². The van der Waals surface area contributed by atoms with E-state index in [4.69, 9.17) is 11.6 Å². The number of likely N-dealkylation sites (tertiary alicyclic amines) is 1. The number of Topliss-reactive ketones (excluding diaryl/α,β-unsaturated/α-hetero) is 1. The van der Waals surface area contributed by atoms with Gasteiger partial charge in [0.25, 0.3) is 5.91 Å². The van der Waals surface area contributed by atoms with Crippen molar-refractivity contribution < 1.29 is 9.59 Å². The molecule has 0 aliphatic carbocycles. The zero-order chi connectivity index (χ0) is 16.4. The van der Waals surface area contributed by atoms with E-state index >= 15 is 0 Å². The molecule has 1 atom stereocenters. The Morgan fingerprint density at radius 2 is 2.17 bits per heavy atom. The minimum absolute atomic E-state index is 0.00636. The molecule has 120 valence electrons. The van der Waals surface area contributed by atoms with Gasteiger partial charge >= 0.3 is 0 Å². The van der Waals surface area contributed by atoms with E-state index in [2.05, 4.69) is 10.1 Å². The summed E-state index contributed by atoms with van der Waals surface area (Å²) in [6, 6.07) is 3.17. The number of ketones is 1. The lowest BCUT2D eigenvalue weighted by Crippen LogP contribution is -2.37. The minimum atomic E-state index is -0.150. The molecule has 0 bridgehead atoms. The highest BCUT2D eigenvalue weighted by atomic mass is 35.5. The number of hydrogen-bond acceptors (Lipinski definition) is 4. The number of aryl methyl sites for hydroxylation is 1. The monoisotopic (exact) mass is 332 g/mol. The van der Waals surface area contributed by atoms with E-state index in [-0.39, 0.29) is 17.7 Å². The zero-order valence-corrected chi connectivity index (χ0v) is 13.5. The average Bonchev–Trinajstić information content (AvgIpc) is 3.16. The fourth-order valence-corrected chi connectivity index (χ4v) is 2.97. The van der Waals surface area contributed by atoms with Gasteiger partial charge in [-0.15, -0.1) is 0 Å². The van der Waals surface area contributed by atoms with Gasteiger partial charge in [-0.3, -0.25) is 14.3 Å². The molecule has 1 saturated heterocycles. The molecule has 1 aliphatic heterocycles. The van der Waals surface area contributed by atoms with E-state index in [1.54, 1.807) is 41.2 Å². The summed E-state index contributed by atoms with van der Waals surface area (Å²) in [7, 11) is 1.77. The third kappa shape index (κ3) is 3.42. The zero-order valence-electron chi connectivity index (χ0n) is 12.8. The Morgan fingerprint density at radius 3 is 2.83 bits per heavy atom. The molecule has 1 fully saturated rings. The highest BCUT2D eigenvalue weighted by molar-refractivity contribution is 6.30. The first-order valence-corrected chi connectivity index (χ1v) is 7.87. The van der Waals surface area contributed by atoms with Gasteiger partial charge < -0.3 is 4.90 Å². The largest absolute Gasteiger partial charge is 0.334 e. The van der Waals surface area contributed by atoms with Gasteiger partial charge in [-0.25, -0.2) is 4.98 Å². The van der Waals surface area contributed by atoms with E-state index in [1.807, 2.05) is 0 Å². The van der Waals surface area contributed by atoms with Crippen LogP contribution >= 0.6 is 11.6 Å². The van der Waals surface area contributed by atoms with Crippen LogP contribution in [0.3, 0.4) is 0 Å². The van der Waals surface area contributed by atoms with Gasteiger partial charge in [0.2, 0.25) is 0 Å². The molecule has 0 N–H and O–H groups in total. The molecule has 6 nitrogen and oxygen atoms in total. The number of carbonyl (C=O) groups is 2. The third-order valence-electron chi connectivity index (χ3n) is 4.03. The average molecular weight is 333 g/mol. The van der Waals surface area contributed by atoms with Crippen LogP contribution in [0.25, 0.3) is 0 Å². The normalized spacial score (nSPS) is 17.5. The lowest BCUT2D eigenvalue weighted by atomic mass is 10.0. The second-order valence-electron chi connectivity index (χ2n) is 5.69. The summed E-state index contributed by atoms with van der Waals surface area (Å²) in [6.07, 6.45) is 6.75. The predicted octanol–water partition coefficient (Wildman–Crippen LogP) is 2.35. The summed E-state index contributed by atoms with van der Waals surface area (Å²) < 4.78 is 1.60. The molecule has 3 rings (SSSR count). The molecule has 2 aromatic heterocycles. The Labute approximate surface area is 139 Å². The van der Waals surface area contributed by atoms with E-state index < -0.39 is 0 Å². The number of rotatable bonds is 4. The van der Waals surface area contributed by atoms with Crippen molar-refractivity contribution in [2.45, 2.75) is 25.3 Å². The summed E-state index contributed by atoms with van der Waals surface area (Å²) in [4.78, 5) is 30.7. The molecule has 0 saturated carbocycles. The molecule has 23 heavy (non-hydrogen) atoms. The number of halogens is 1. The molecule has 1 amide bonds. The number of amides is 1. The van der Waals surface area contributed by atoms with Crippen LogP contribution < -0.4 is 0 Å². The Kier molecular flexibility index (Phi) is 4.43. The van der Waals surface area contributed by atoms with Crippen molar-refractivity contribution >= 4 is 23.3 Å². The van der Waals surface area contributed by atoms with Crippen LogP contribution in [-0.2, 0) is 7.05 Å². The van der Waals surface area contributed by atoms with Crippen molar-refractivity contribution in [1.29, 1.82) is 0 Å². The van der Waals surface area contributed by atoms with Crippen LogP contribution in [-0.4, -0.2) is 43.9 Å². The number of pyridine rings is 1. The van der Waals surface area contributed by atoms with E-state index in [0.717, 1.165) is 12.8 Å². The van der Waals surface area contributed by atoms with Gasteiger partial charge in [-0.05, 0) is 25.0 Å². The van der Waals surface area contributed by atoms with Crippen LogP contribution in [0.2, 0.25) is 5.02 Å². The number of hydrogen-bond donors (Lipinski definition) is 0. The second kappa shape index (κ2) is 6.50. The summed E-state index contributed by atoms with van der Waals surface area (Å²) in [5.74, 6) is -0.144. The van der Waals surface area contributed by atoms with Crippen molar-refractivity contribution in [2.24, 2.45) is 7.05 Å².